The Morgan fingerprint density at radius 3 is 3.11 bits per heavy atom. The molecule has 1 atom stereocenters. The van der Waals surface area contributed by atoms with Gasteiger partial charge in [0.2, 0.25) is 0 Å². The third kappa shape index (κ3) is 2.81. The molecule has 0 spiro atoms. The lowest BCUT2D eigenvalue weighted by molar-refractivity contribution is 0.0529. The molecule has 5 nitrogen and oxygen atoms in total. The van der Waals surface area contributed by atoms with Gasteiger partial charge < -0.3 is 14.4 Å². The van der Waals surface area contributed by atoms with Crippen LogP contribution >= 0.6 is 15.9 Å². The number of carbonyl (C=O) groups excluding carboxylic acids is 1. The van der Waals surface area contributed by atoms with Crippen LogP contribution < -0.4 is 4.90 Å². The summed E-state index contributed by atoms with van der Waals surface area (Å²) in [6.45, 7) is 4.24. The molecule has 0 N–H and O–H groups in total. The molecular weight excluding hydrogens is 300 g/mol. The standard InChI is InChI=1S/C12H15BrN2O3/c1-8-7-15(3-4-18-8)11-5-9(12(16)17-2)10(13)6-14-11/h5-6,8H,3-4,7H2,1-2H3. The van der Waals surface area contributed by atoms with Gasteiger partial charge in [-0.2, -0.15) is 0 Å². The van der Waals surface area contributed by atoms with E-state index in [-0.39, 0.29) is 12.1 Å². The van der Waals surface area contributed by atoms with Gasteiger partial charge in [0.15, 0.2) is 0 Å². The lowest BCUT2D eigenvalue weighted by Crippen LogP contribution is -2.41. The minimum absolute atomic E-state index is 0.172. The molecule has 1 fully saturated rings. The Balaban J connectivity index is 2.26. The summed E-state index contributed by atoms with van der Waals surface area (Å²) >= 11 is 3.30. The number of morpholine rings is 1. The number of pyridine rings is 1. The number of carbonyl (C=O) groups is 1. The summed E-state index contributed by atoms with van der Waals surface area (Å²) in [4.78, 5) is 18.0. The van der Waals surface area contributed by atoms with E-state index in [1.54, 1.807) is 12.3 Å². The summed E-state index contributed by atoms with van der Waals surface area (Å²) in [5.74, 6) is 0.403. The largest absolute Gasteiger partial charge is 0.465 e. The van der Waals surface area contributed by atoms with E-state index < -0.39 is 0 Å². The van der Waals surface area contributed by atoms with Gasteiger partial charge in [0.05, 0.1) is 29.9 Å². The number of nitrogens with zero attached hydrogens (tertiary/aromatic N) is 2. The molecule has 2 rings (SSSR count). The van der Waals surface area contributed by atoms with Crippen LogP contribution in [0.4, 0.5) is 5.82 Å². The van der Waals surface area contributed by atoms with E-state index in [2.05, 4.69) is 25.8 Å². The van der Waals surface area contributed by atoms with Gasteiger partial charge in [0.1, 0.15) is 5.82 Å². The van der Waals surface area contributed by atoms with E-state index in [1.165, 1.54) is 7.11 Å². The normalized spacial score (nSPS) is 19.7. The second kappa shape index (κ2) is 5.67. The monoisotopic (exact) mass is 314 g/mol. The highest BCUT2D eigenvalue weighted by molar-refractivity contribution is 9.10. The topological polar surface area (TPSA) is 51.7 Å². The maximum Gasteiger partial charge on any atom is 0.339 e. The van der Waals surface area contributed by atoms with Crippen LogP contribution in [0.2, 0.25) is 0 Å². The molecule has 2 heterocycles. The Kier molecular flexibility index (Phi) is 4.19. The molecule has 0 bridgehead atoms. The predicted molar refractivity (Wildman–Crippen MR) is 70.9 cm³/mol. The molecule has 98 valence electrons. The first-order valence-corrected chi connectivity index (χ1v) is 6.51. The first-order chi connectivity index (χ1) is 8.61. The van der Waals surface area contributed by atoms with Crippen molar-refractivity contribution in [3.8, 4) is 0 Å². The summed E-state index contributed by atoms with van der Waals surface area (Å²) < 4.78 is 10.9. The molecule has 0 aliphatic carbocycles. The highest BCUT2D eigenvalue weighted by Gasteiger charge is 2.20. The van der Waals surface area contributed by atoms with Gasteiger partial charge in [0.25, 0.3) is 0 Å². The Morgan fingerprint density at radius 2 is 2.44 bits per heavy atom. The van der Waals surface area contributed by atoms with Gasteiger partial charge in [-0.25, -0.2) is 9.78 Å². The smallest absolute Gasteiger partial charge is 0.339 e. The van der Waals surface area contributed by atoms with Gasteiger partial charge >= 0.3 is 5.97 Å². The number of esters is 1. The van der Waals surface area contributed by atoms with Crippen LogP contribution in [-0.4, -0.2) is 43.9 Å². The van der Waals surface area contributed by atoms with Crippen LogP contribution in [0.5, 0.6) is 0 Å². The van der Waals surface area contributed by atoms with Crippen molar-refractivity contribution in [3.05, 3.63) is 22.3 Å². The van der Waals surface area contributed by atoms with E-state index in [9.17, 15) is 4.79 Å². The number of hydrogen-bond acceptors (Lipinski definition) is 5. The second-order valence-electron chi connectivity index (χ2n) is 4.14. The van der Waals surface area contributed by atoms with Crippen molar-refractivity contribution in [2.24, 2.45) is 0 Å². The molecule has 1 aromatic rings. The van der Waals surface area contributed by atoms with E-state index in [4.69, 9.17) is 9.47 Å². The molecule has 0 aromatic carbocycles. The van der Waals surface area contributed by atoms with Gasteiger partial charge in [-0.3, -0.25) is 0 Å². The van der Waals surface area contributed by atoms with Gasteiger partial charge in [-0.05, 0) is 28.9 Å². The zero-order chi connectivity index (χ0) is 13.1. The fourth-order valence-corrected chi connectivity index (χ4v) is 2.27. The Labute approximate surface area is 114 Å². The first kappa shape index (κ1) is 13.3. The first-order valence-electron chi connectivity index (χ1n) is 5.72. The van der Waals surface area contributed by atoms with E-state index in [1.807, 2.05) is 6.92 Å². The van der Waals surface area contributed by atoms with Gasteiger partial charge in [0, 0.05) is 19.3 Å². The summed E-state index contributed by atoms with van der Waals surface area (Å²) in [6.07, 6.45) is 1.80. The zero-order valence-corrected chi connectivity index (χ0v) is 11.9. The number of methoxy groups -OCH3 is 1. The molecule has 1 aromatic heterocycles. The average Bonchev–Trinajstić information content (AvgIpc) is 2.38. The van der Waals surface area contributed by atoms with Crippen molar-refractivity contribution < 1.29 is 14.3 Å². The van der Waals surface area contributed by atoms with Crippen LogP contribution in [0.15, 0.2) is 16.7 Å². The summed E-state index contributed by atoms with van der Waals surface area (Å²) in [5, 5.41) is 0. The Bertz CT molecular complexity index is 453. The van der Waals surface area contributed by atoms with Crippen molar-refractivity contribution in [2.75, 3.05) is 31.7 Å². The van der Waals surface area contributed by atoms with E-state index in [0.29, 0.717) is 16.6 Å². The number of aromatic nitrogens is 1. The lowest BCUT2D eigenvalue weighted by atomic mass is 10.2. The van der Waals surface area contributed by atoms with Gasteiger partial charge in [-0.15, -0.1) is 0 Å². The zero-order valence-electron chi connectivity index (χ0n) is 10.4. The Morgan fingerprint density at radius 1 is 1.67 bits per heavy atom. The summed E-state index contributed by atoms with van der Waals surface area (Å²) in [5.41, 5.74) is 0.488. The van der Waals surface area contributed by atoms with Crippen LogP contribution in [-0.2, 0) is 9.47 Å². The molecule has 0 radical (unpaired) electrons. The van der Waals surface area contributed by atoms with Gasteiger partial charge in [-0.1, -0.05) is 0 Å². The number of hydrogen-bond donors (Lipinski definition) is 0. The number of halogens is 1. The van der Waals surface area contributed by atoms with Crippen molar-refractivity contribution in [1.82, 2.24) is 4.98 Å². The molecule has 1 unspecified atom stereocenters. The van der Waals surface area contributed by atoms with Crippen LogP contribution in [0, 0.1) is 0 Å². The molecule has 0 amide bonds. The van der Waals surface area contributed by atoms with Crippen LogP contribution in [0.3, 0.4) is 0 Å². The lowest BCUT2D eigenvalue weighted by Gasteiger charge is -2.32. The summed E-state index contributed by atoms with van der Waals surface area (Å²) in [7, 11) is 1.37. The molecule has 1 aliphatic rings. The molecule has 6 heteroatoms. The van der Waals surface area contributed by atoms with Crippen molar-refractivity contribution >= 4 is 27.7 Å². The third-order valence-corrected chi connectivity index (χ3v) is 3.44. The maximum absolute atomic E-state index is 11.6. The number of rotatable bonds is 2. The maximum atomic E-state index is 11.6. The molecule has 18 heavy (non-hydrogen) atoms. The second-order valence-corrected chi connectivity index (χ2v) is 5.00. The molecular formula is C12H15BrN2O3. The Hall–Kier alpha value is -1.14. The predicted octanol–water partition coefficient (Wildman–Crippen LogP) is 1.86. The van der Waals surface area contributed by atoms with Crippen molar-refractivity contribution in [1.29, 1.82) is 0 Å². The summed E-state index contributed by atoms with van der Waals surface area (Å²) in [6, 6.07) is 1.74. The van der Waals surface area contributed by atoms with Crippen molar-refractivity contribution in [3.63, 3.8) is 0 Å². The minimum Gasteiger partial charge on any atom is -0.465 e. The minimum atomic E-state index is -0.369. The van der Waals surface area contributed by atoms with Crippen LogP contribution in [0.25, 0.3) is 0 Å². The average molecular weight is 315 g/mol. The number of anilines is 1. The SMILES string of the molecule is COC(=O)c1cc(N2CCOC(C)C2)ncc1Br. The molecule has 1 saturated heterocycles. The fraction of sp³-hybridized carbons (Fsp3) is 0.500. The quantitative estimate of drug-likeness (QED) is 0.780. The van der Waals surface area contributed by atoms with E-state index >= 15 is 0 Å². The van der Waals surface area contributed by atoms with Crippen molar-refractivity contribution in [2.45, 2.75) is 13.0 Å². The third-order valence-electron chi connectivity index (χ3n) is 2.81. The fourth-order valence-electron chi connectivity index (χ4n) is 1.89. The van der Waals surface area contributed by atoms with E-state index in [0.717, 1.165) is 18.9 Å². The molecule has 0 saturated carbocycles. The highest BCUT2D eigenvalue weighted by Crippen LogP contribution is 2.23. The highest BCUT2D eigenvalue weighted by atomic mass is 79.9. The number of ether oxygens (including phenoxy) is 2. The van der Waals surface area contributed by atoms with Crippen LogP contribution in [0.1, 0.15) is 17.3 Å². The molecule has 1 aliphatic heterocycles.